The number of ether oxygens (including phenoxy) is 1. The Morgan fingerprint density at radius 2 is 1.73 bits per heavy atom. The molecular formula is C28H34N6O5S. The Hall–Kier alpha value is -4.06. The van der Waals surface area contributed by atoms with Gasteiger partial charge in [-0.05, 0) is 76.1 Å². The van der Waals surface area contributed by atoms with Gasteiger partial charge in [0.25, 0.3) is 11.8 Å². The summed E-state index contributed by atoms with van der Waals surface area (Å²) >= 11 is 0. The largest absolute Gasteiger partial charge is 0.492 e. The Kier molecular flexibility index (Phi) is 8.38. The highest BCUT2D eigenvalue weighted by molar-refractivity contribution is 7.91. The van der Waals surface area contributed by atoms with Crippen molar-refractivity contribution in [1.82, 2.24) is 24.8 Å². The molecular weight excluding hydrogens is 532 g/mol. The van der Waals surface area contributed by atoms with Gasteiger partial charge in [0.05, 0.1) is 17.6 Å². The normalized spacial score (nSPS) is 14.1. The summed E-state index contributed by atoms with van der Waals surface area (Å²) in [6.45, 7) is 11.0. The van der Waals surface area contributed by atoms with E-state index >= 15 is 0 Å². The molecule has 2 amide bonds. The fourth-order valence-electron chi connectivity index (χ4n) is 4.20. The second kappa shape index (κ2) is 11.6. The molecule has 0 bridgehead atoms. The van der Waals surface area contributed by atoms with Crippen molar-refractivity contribution in [1.29, 1.82) is 0 Å². The van der Waals surface area contributed by atoms with Gasteiger partial charge in [0, 0.05) is 43.5 Å². The number of hydrogen-bond acceptors (Lipinski definition) is 9. The third-order valence-electron chi connectivity index (χ3n) is 6.62. The number of hydrogen-bond donors (Lipinski definition) is 1. The minimum atomic E-state index is -3.86. The first-order valence-electron chi connectivity index (χ1n) is 13.0. The molecule has 11 nitrogen and oxygen atoms in total. The summed E-state index contributed by atoms with van der Waals surface area (Å²) in [7, 11) is -3.86. The number of benzene rings is 1. The van der Waals surface area contributed by atoms with Gasteiger partial charge in [0.1, 0.15) is 5.75 Å². The fourth-order valence-corrected chi connectivity index (χ4v) is 4.85. The quantitative estimate of drug-likeness (QED) is 0.458. The number of nitrogens with zero attached hydrogens (tertiary/aromatic N) is 5. The van der Waals surface area contributed by atoms with Crippen LogP contribution in [0.3, 0.4) is 0 Å². The van der Waals surface area contributed by atoms with Gasteiger partial charge >= 0.3 is 0 Å². The van der Waals surface area contributed by atoms with Gasteiger partial charge in [-0.2, -0.15) is 0 Å². The first kappa shape index (κ1) is 28.9. The highest BCUT2D eigenvalue weighted by Crippen LogP contribution is 2.27. The monoisotopic (exact) mass is 566 g/mol. The van der Waals surface area contributed by atoms with Crippen molar-refractivity contribution >= 4 is 27.7 Å². The van der Waals surface area contributed by atoms with E-state index < -0.39 is 20.7 Å². The Bertz CT molecular complexity index is 1490. The van der Waals surface area contributed by atoms with E-state index in [1.54, 1.807) is 23.4 Å². The summed E-state index contributed by atoms with van der Waals surface area (Å²) in [5.41, 5.74) is 3.40. The maximum atomic E-state index is 13.2. The van der Waals surface area contributed by atoms with E-state index in [0.29, 0.717) is 49.9 Å². The number of anilines is 1. The zero-order valence-electron chi connectivity index (χ0n) is 23.3. The number of piperazine rings is 1. The van der Waals surface area contributed by atoms with Crippen LogP contribution in [0.25, 0.3) is 11.1 Å². The second-order valence-corrected chi connectivity index (χ2v) is 12.9. The van der Waals surface area contributed by atoms with Crippen molar-refractivity contribution in [3.63, 3.8) is 0 Å². The molecule has 1 fully saturated rings. The lowest BCUT2D eigenvalue weighted by Crippen LogP contribution is -2.49. The molecule has 4 rings (SSSR count). The molecule has 1 aliphatic rings. The number of pyridine rings is 1. The maximum Gasteiger partial charge on any atom is 0.285 e. The summed E-state index contributed by atoms with van der Waals surface area (Å²) in [6, 6.07) is 10.7. The molecule has 0 aliphatic carbocycles. The Labute approximate surface area is 234 Å². The molecule has 1 aliphatic heterocycles. The number of rotatable bonds is 7. The van der Waals surface area contributed by atoms with Crippen molar-refractivity contribution in [2.75, 3.05) is 37.7 Å². The van der Waals surface area contributed by atoms with Gasteiger partial charge in [-0.25, -0.2) is 13.1 Å². The molecule has 0 saturated carbocycles. The molecule has 0 radical (unpaired) electrons. The molecule has 212 valence electrons. The molecule has 1 N–H and O–H groups in total. The predicted molar refractivity (Wildman–Crippen MR) is 152 cm³/mol. The first-order chi connectivity index (χ1) is 18.9. The Morgan fingerprint density at radius 3 is 2.33 bits per heavy atom. The highest BCUT2D eigenvalue weighted by Gasteiger charge is 2.31. The number of aromatic nitrogens is 3. The Morgan fingerprint density at radius 1 is 1.00 bits per heavy atom. The lowest BCUT2D eigenvalue weighted by molar-refractivity contribution is 0.0746. The molecule has 40 heavy (non-hydrogen) atoms. The highest BCUT2D eigenvalue weighted by atomic mass is 32.2. The summed E-state index contributed by atoms with van der Waals surface area (Å²) in [5.74, 6) is 0.372. The second-order valence-electron chi connectivity index (χ2n) is 10.5. The van der Waals surface area contributed by atoms with Gasteiger partial charge in [0.15, 0.2) is 11.5 Å². The van der Waals surface area contributed by atoms with Crippen LogP contribution in [0.1, 0.15) is 54.1 Å². The van der Waals surface area contributed by atoms with Crippen LogP contribution in [-0.2, 0) is 10.0 Å². The fraction of sp³-hybridized carbons (Fsp3) is 0.393. The lowest BCUT2D eigenvalue weighted by Gasteiger charge is -2.35. The van der Waals surface area contributed by atoms with Gasteiger partial charge in [-0.15, -0.1) is 10.2 Å². The van der Waals surface area contributed by atoms with Gasteiger partial charge < -0.3 is 14.5 Å². The average Bonchev–Trinajstić information content (AvgIpc) is 2.92. The van der Waals surface area contributed by atoms with E-state index in [2.05, 4.69) is 15.2 Å². The third-order valence-corrected chi connectivity index (χ3v) is 8.68. The van der Waals surface area contributed by atoms with E-state index in [0.717, 1.165) is 16.7 Å². The molecule has 0 unspecified atom stereocenters. The SMILES string of the molecule is CCOc1cncc(-c2ccc(C(=O)N3CCN(c4ccc(C(=O)NS(=O)(=O)C(C)(C)C)nn4)CC3)cc2C)c1. The van der Waals surface area contributed by atoms with Crippen LogP contribution in [0.5, 0.6) is 5.75 Å². The van der Waals surface area contributed by atoms with Crippen LogP contribution in [0, 0.1) is 6.92 Å². The van der Waals surface area contributed by atoms with Gasteiger partial charge in [-0.1, -0.05) is 6.07 Å². The zero-order valence-corrected chi connectivity index (χ0v) is 24.2. The molecule has 12 heteroatoms. The van der Waals surface area contributed by atoms with Crippen molar-refractivity contribution in [3.8, 4) is 16.9 Å². The third kappa shape index (κ3) is 6.39. The average molecular weight is 567 g/mol. The number of amides is 2. The predicted octanol–water partition coefficient (Wildman–Crippen LogP) is 3.07. The van der Waals surface area contributed by atoms with Gasteiger partial charge in [0.2, 0.25) is 10.0 Å². The number of nitrogens with one attached hydrogen (secondary N) is 1. The molecule has 1 aromatic carbocycles. The molecule has 1 saturated heterocycles. The van der Waals surface area contributed by atoms with Crippen LogP contribution >= 0.6 is 0 Å². The van der Waals surface area contributed by atoms with E-state index in [-0.39, 0.29) is 11.6 Å². The van der Waals surface area contributed by atoms with Crippen molar-refractivity contribution < 1.29 is 22.7 Å². The topological polar surface area (TPSA) is 135 Å². The molecule has 2 aromatic heterocycles. The first-order valence-corrected chi connectivity index (χ1v) is 14.5. The van der Waals surface area contributed by atoms with Crippen molar-refractivity contribution in [2.24, 2.45) is 0 Å². The summed E-state index contributed by atoms with van der Waals surface area (Å²) in [4.78, 5) is 33.6. The van der Waals surface area contributed by atoms with Crippen LogP contribution in [0.2, 0.25) is 0 Å². The van der Waals surface area contributed by atoms with E-state index in [1.807, 2.05) is 47.7 Å². The molecule has 0 spiro atoms. The summed E-state index contributed by atoms with van der Waals surface area (Å²) < 4.78 is 30.9. The van der Waals surface area contributed by atoms with Crippen molar-refractivity contribution in [3.05, 3.63) is 65.6 Å². The number of aryl methyl sites for hydroxylation is 1. The zero-order chi connectivity index (χ0) is 29.1. The maximum absolute atomic E-state index is 13.2. The Balaban J connectivity index is 1.37. The number of carbonyl (C=O) groups excluding carboxylic acids is 2. The van der Waals surface area contributed by atoms with E-state index in [1.165, 1.54) is 26.8 Å². The molecule has 3 aromatic rings. The van der Waals surface area contributed by atoms with Gasteiger partial charge in [-0.3, -0.25) is 14.6 Å². The summed E-state index contributed by atoms with van der Waals surface area (Å²) in [6.07, 6.45) is 3.46. The summed E-state index contributed by atoms with van der Waals surface area (Å²) in [5, 5.41) is 8.03. The van der Waals surface area contributed by atoms with Crippen LogP contribution in [-0.4, -0.2) is 77.8 Å². The minimum absolute atomic E-state index is 0.0475. The molecule has 0 atom stereocenters. The van der Waals surface area contributed by atoms with Crippen LogP contribution < -0.4 is 14.4 Å². The van der Waals surface area contributed by atoms with E-state index in [9.17, 15) is 18.0 Å². The molecule has 3 heterocycles. The minimum Gasteiger partial charge on any atom is -0.492 e. The smallest absolute Gasteiger partial charge is 0.285 e. The van der Waals surface area contributed by atoms with Crippen molar-refractivity contribution in [2.45, 2.75) is 39.4 Å². The van der Waals surface area contributed by atoms with E-state index in [4.69, 9.17) is 4.74 Å². The van der Waals surface area contributed by atoms with Crippen LogP contribution in [0.15, 0.2) is 48.8 Å². The van der Waals surface area contributed by atoms with Crippen LogP contribution in [0.4, 0.5) is 5.82 Å². The standard InChI is InChI=1S/C28H34N6O5S/c1-6-39-22-16-21(17-29-18-22)23-8-7-20(15-19(23)2)27(36)34-13-11-33(12-14-34)25-10-9-24(30-31-25)26(35)32-40(37,38)28(3,4)5/h7-10,15-18H,6,11-14H2,1-5H3,(H,32,35). The number of carbonyl (C=O) groups is 2. The number of sulfonamides is 1. The lowest BCUT2D eigenvalue weighted by atomic mass is 9.99.